The summed E-state index contributed by atoms with van der Waals surface area (Å²) in [6, 6.07) is 24.8. The Balaban J connectivity index is 1.41. The van der Waals surface area contributed by atoms with Gasteiger partial charge in [0.15, 0.2) is 6.61 Å². The number of benzene rings is 3. The van der Waals surface area contributed by atoms with Crippen LogP contribution in [-0.2, 0) is 25.7 Å². The Kier molecular flexibility index (Phi) is 6.98. The van der Waals surface area contributed by atoms with Crippen LogP contribution in [0.5, 0.6) is 0 Å². The van der Waals surface area contributed by atoms with Crippen molar-refractivity contribution in [3.63, 3.8) is 0 Å². The molecule has 4 rings (SSSR count). The number of nitrogens with one attached hydrogen (secondary N) is 1. The van der Waals surface area contributed by atoms with Gasteiger partial charge in [-0.25, -0.2) is 9.80 Å². The Morgan fingerprint density at radius 2 is 1.50 bits per heavy atom. The van der Waals surface area contributed by atoms with Gasteiger partial charge in [-0.05, 0) is 42.0 Å². The van der Waals surface area contributed by atoms with E-state index in [-0.39, 0.29) is 36.1 Å². The van der Waals surface area contributed by atoms with Gasteiger partial charge in [-0.2, -0.15) is 0 Å². The maximum Gasteiger partial charge on any atom is 0.338 e. The zero-order valence-electron chi connectivity index (χ0n) is 18.3. The fourth-order valence-corrected chi connectivity index (χ4v) is 3.52. The van der Waals surface area contributed by atoms with Crippen LogP contribution in [0.4, 0.5) is 11.4 Å². The van der Waals surface area contributed by atoms with Gasteiger partial charge in [-0.3, -0.25) is 19.8 Å². The van der Waals surface area contributed by atoms with Crippen LogP contribution in [-0.4, -0.2) is 30.3 Å². The van der Waals surface area contributed by atoms with Gasteiger partial charge in [0.05, 0.1) is 17.8 Å². The summed E-state index contributed by atoms with van der Waals surface area (Å²) in [6.45, 7) is -0.0888. The fourth-order valence-electron chi connectivity index (χ4n) is 3.52. The molecule has 8 heteroatoms. The van der Waals surface area contributed by atoms with Crippen LogP contribution in [0.25, 0.3) is 0 Å². The maximum atomic E-state index is 13.0. The minimum atomic E-state index is -0.665. The molecule has 8 nitrogen and oxygen atoms in total. The number of ether oxygens (including phenoxy) is 1. The zero-order valence-corrected chi connectivity index (χ0v) is 18.3. The molecule has 3 amide bonds. The number of hydrogen-bond donors (Lipinski definition) is 1. The van der Waals surface area contributed by atoms with Gasteiger partial charge in [0, 0.05) is 18.5 Å². The number of hydrazine groups is 1. The lowest BCUT2D eigenvalue weighted by Crippen LogP contribution is -2.50. The third-order valence-corrected chi connectivity index (χ3v) is 5.29. The summed E-state index contributed by atoms with van der Waals surface area (Å²) in [5, 5.41) is 1.16. The van der Waals surface area contributed by atoms with Crippen molar-refractivity contribution in [3.05, 3.63) is 96.1 Å². The van der Waals surface area contributed by atoms with Crippen molar-refractivity contribution in [3.8, 4) is 0 Å². The minimum absolute atomic E-state index is 0.124. The summed E-state index contributed by atoms with van der Waals surface area (Å²) in [4.78, 5) is 50.7. The van der Waals surface area contributed by atoms with E-state index >= 15 is 0 Å². The highest BCUT2D eigenvalue weighted by molar-refractivity contribution is 6.01. The zero-order chi connectivity index (χ0) is 23.9. The van der Waals surface area contributed by atoms with Crippen LogP contribution in [0, 0.1) is 0 Å². The topological polar surface area (TPSA) is 96.0 Å². The van der Waals surface area contributed by atoms with Gasteiger partial charge in [0.1, 0.15) is 0 Å². The summed E-state index contributed by atoms with van der Waals surface area (Å²) < 4.78 is 5.27. The Bertz CT molecular complexity index is 1180. The van der Waals surface area contributed by atoms with E-state index in [1.165, 1.54) is 24.3 Å². The summed E-state index contributed by atoms with van der Waals surface area (Å²) in [5.41, 5.74) is 4.80. The molecule has 0 radical (unpaired) electrons. The van der Waals surface area contributed by atoms with Crippen molar-refractivity contribution >= 4 is 35.1 Å². The number of rotatable bonds is 7. The average Bonchev–Trinajstić information content (AvgIpc) is 2.88. The SMILES string of the molecule is O=C1CCC(=O)N(c2ccc(C(=O)OCC(=O)N(Cc3ccccc3)c3ccccc3)cc2)N1. The average molecular weight is 457 g/mol. The normalized spacial score (nSPS) is 13.2. The molecule has 0 bridgehead atoms. The Labute approximate surface area is 196 Å². The second kappa shape index (κ2) is 10.4. The highest BCUT2D eigenvalue weighted by atomic mass is 16.5. The first-order valence-electron chi connectivity index (χ1n) is 10.8. The molecule has 0 saturated carbocycles. The van der Waals surface area contributed by atoms with E-state index in [9.17, 15) is 19.2 Å². The molecule has 3 aromatic carbocycles. The molecule has 0 spiro atoms. The number of nitrogens with zero attached hydrogens (tertiary/aromatic N) is 2. The number of para-hydroxylation sites is 1. The molecule has 1 fully saturated rings. The number of hydrogen-bond acceptors (Lipinski definition) is 5. The largest absolute Gasteiger partial charge is 0.452 e. The molecule has 1 heterocycles. The summed E-state index contributed by atoms with van der Waals surface area (Å²) >= 11 is 0. The van der Waals surface area contributed by atoms with E-state index in [4.69, 9.17) is 4.74 Å². The van der Waals surface area contributed by atoms with Gasteiger partial charge in [-0.1, -0.05) is 48.5 Å². The molecule has 34 heavy (non-hydrogen) atoms. The lowest BCUT2D eigenvalue weighted by atomic mass is 10.1. The lowest BCUT2D eigenvalue weighted by molar-refractivity contribution is -0.130. The Hall–Kier alpha value is -4.46. The Morgan fingerprint density at radius 1 is 0.853 bits per heavy atom. The number of esters is 1. The predicted octanol–water partition coefficient (Wildman–Crippen LogP) is 3.23. The molecular formula is C26H23N3O5. The van der Waals surface area contributed by atoms with Crippen LogP contribution < -0.4 is 15.3 Å². The third kappa shape index (κ3) is 5.47. The maximum absolute atomic E-state index is 13.0. The van der Waals surface area contributed by atoms with Crippen molar-refractivity contribution in [1.82, 2.24) is 5.43 Å². The second-order valence-electron chi connectivity index (χ2n) is 7.69. The van der Waals surface area contributed by atoms with Gasteiger partial charge in [0.2, 0.25) is 11.8 Å². The first-order valence-corrected chi connectivity index (χ1v) is 10.8. The molecular weight excluding hydrogens is 434 g/mol. The van der Waals surface area contributed by atoms with Gasteiger partial charge < -0.3 is 9.64 Å². The predicted molar refractivity (Wildman–Crippen MR) is 126 cm³/mol. The van der Waals surface area contributed by atoms with Crippen molar-refractivity contribution in [2.24, 2.45) is 0 Å². The van der Waals surface area contributed by atoms with Crippen LogP contribution in [0.2, 0.25) is 0 Å². The minimum Gasteiger partial charge on any atom is -0.452 e. The van der Waals surface area contributed by atoms with Crippen molar-refractivity contribution in [1.29, 1.82) is 0 Å². The smallest absolute Gasteiger partial charge is 0.338 e. The fraction of sp³-hybridized carbons (Fsp3) is 0.154. The third-order valence-electron chi connectivity index (χ3n) is 5.29. The van der Waals surface area contributed by atoms with Crippen molar-refractivity contribution in [2.45, 2.75) is 19.4 Å². The van der Waals surface area contributed by atoms with Crippen LogP contribution in [0.1, 0.15) is 28.8 Å². The van der Waals surface area contributed by atoms with E-state index < -0.39 is 12.6 Å². The van der Waals surface area contributed by atoms with Crippen LogP contribution in [0.15, 0.2) is 84.9 Å². The lowest BCUT2D eigenvalue weighted by Gasteiger charge is -2.27. The van der Waals surface area contributed by atoms with Gasteiger partial charge in [0.25, 0.3) is 5.91 Å². The van der Waals surface area contributed by atoms with E-state index in [2.05, 4.69) is 5.43 Å². The molecule has 1 N–H and O–H groups in total. The molecule has 1 aliphatic rings. The second-order valence-corrected chi connectivity index (χ2v) is 7.69. The first kappa shape index (κ1) is 22.7. The monoisotopic (exact) mass is 457 g/mol. The Morgan fingerprint density at radius 3 is 2.18 bits per heavy atom. The first-order chi connectivity index (χ1) is 16.5. The molecule has 172 valence electrons. The van der Waals surface area contributed by atoms with Crippen LogP contribution in [0.3, 0.4) is 0 Å². The van der Waals surface area contributed by atoms with E-state index in [1.807, 2.05) is 60.7 Å². The van der Waals surface area contributed by atoms with Crippen molar-refractivity contribution in [2.75, 3.05) is 16.5 Å². The molecule has 1 aliphatic heterocycles. The molecule has 1 saturated heterocycles. The molecule has 0 aliphatic carbocycles. The molecule has 0 aromatic heterocycles. The number of anilines is 2. The number of carbonyl (C=O) groups is 4. The van der Waals surface area contributed by atoms with E-state index in [1.54, 1.807) is 4.90 Å². The quantitative estimate of drug-likeness (QED) is 0.550. The highest BCUT2D eigenvalue weighted by Crippen LogP contribution is 2.19. The number of carbonyl (C=O) groups excluding carboxylic acids is 4. The number of amides is 3. The highest BCUT2D eigenvalue weighted by Gasteiger charge is 2.24. The van der Waals surface area contributed by atoms with Gasteiger partial charge >= 0.3 is 5.97 Å². The van der Waals surface area contributed by atoms with Crippen molar-refractivity contribution < 1.29 is 23.9 Å². The summed E-state index contributed by atoms with van der Waals surface area (Å²) in [7, 11) is 0. The summed E-state index contributed by atoms with van der Waals surface area (Å²) in [6.07, 6.45) is 0.274. The van der Waals surface area contributed by atoms with Crippen LogP contribution >= 0.6 is 0 Å². The molecule has 0 atom stereocenters. The molecule has 0 unspecified atom stereocenters. The standard InChI is InChI=1S/C26H23N3O5/c30-23-15-16-24(31)29(27-23)22-13-11-20(12-14-22)26(33)34-18-25(32)28(21-9-5-2-6-10-21)17-19-7-3-1-4-8-19/h1-14H,15-18H2,(H,27,30). The van der Waals surface area contributed by atoms with E-state index in [0.717, 1.165) is 10.6 Å². The molecule has 3 aromatic rings. The van der Waals surface area contributed by atoms with E-state index in [0.29, 0.717) is 17.9 Å². The summed E-state index contributed by atoms with van der Waals surface area (Å²) in [5.74, 6) is -1.51. The van der Waals surface area contributed by atoms with Gasteiger partial charge in [-0.15, -0.1) is 0 Å².